The van der Waals surface area contributed by atoms with Crippen molar-refractivity contribution in [3.8, 4) is 0 Å². The van der Waals surface area contributed by atoms with Gasteiger partial charge in [0.25, 0.3) is 0 Å². The molecule has 1 amide bonds. The van der Waals surface area contributed by atoms with Crippen LogP contribution >= 0.6 is 0 Å². The Morgan fingerprint density at radius 1 is 1.47 bits per heavy atom. The Morgan fingerprint density at radius 2 is 2.20 bits per heavy atom. The second kappa shape index (κ2) is 5.49. The van der Waals surface area contributed by atoms with Gasteiger partial charge in [0.1, 0.15) is 5.82 Å². The van der Waals surface area contributed by atoms with E-state index < -0.39 is 0 Å². The fourth-order valence-corrected chi connectivity index (χ4v) is 1.32. The van der Waals surface area contributed by atoms with Crippen LogP contribution in [0.25, 0.3) is 0 Å². The number of hydrogen-bond acceptors (Lipinski definition) is 1. The number of amides is 1. The molecule has 0 aliphatic heterocycles. The zero-order valence-electron chi connectivity index (χ0n) is 9.16. The minimum Gasteiger partial charge on any atom is -0.315 e. The highest BCUT2D eigenvalue weighted by atomic mass is 19.1. The average Bonchev–Trinajstić information content (AvgIpc) is 2.24. The predicted octanol–water partition coefficient (Wildman–Crippen LogP) is 2.98. The van der Waals surface area contributed by atoms with Crippen molar-refractivity contribution in [1.82, 2.24) is 0 Å². The maximum atomic E-state index is 12.9. The van der Waals surface area contributed by atoms with Crippen LogP contribution in [0.2, 0.25) is 0 Å². The van der Waals surface area contributed by atoms with Crippen molar-refractivity contribution < 1.29 is 9.18 Å². The first-order chi connectivity index (χ1) is 7.15. The molecule has 0 unspecified atom stereocenters. The monoisotopic (exact) mass is 209 g/mol. The van der Waals surface area contributed by atoms with E-state index in [4.69, 9.17) is 0 Å². The lowest BCUT2D eigenvalue weighted by Gasteiger charge is -2.17. The maximum Gasteiger partial charge on any atom is 0.226 e. The van der Waals surface area contributed by atoms with Gasteiger partial charge in [0.05, 0.1) is 0 Å². The van der Waals surface area contributed by atoms with E-state index >= 15 is 0 Å². The Bertz CT molecular complexity index is 338. The van der Waals surface area contributed by atoms with E-state index in [-0.39, 0.29) is 11.7 Å². The Labute approximate surface area is 89.7 Å². The normalized spacial score (nSPS) is 10.1. The number of unbranched alkanes of at least 4 members (excludes halogenated alkanes) is 1. The molecule has 0 spiro atoms. The van der Waals surface area contributed by atoms with Crippen LogP contribution in [0.15, 0.2) is 24.3 Å². The Balaban J connectivity index is 2.67. The van der Waals surface area contributed by atoms with Gasteiger partial charge in [-0.1, -0.05) is 19.4 Å². The molecular weight excluding hydrogens is 193 g/mol. The molecule has 0 heterocycles. The van der Waals surface area contributed by atoms with Gasteiger partial charge in [-0.3, -0.25) is 4.79 Å². The summed E-state index contributed by atoms with van der Waals surface area (Å²) in [4.78, 5) is 13.1. The minimum atomic E-state index is -0.317. The number of benzene rings is 1. The van der Waals surface area contributed by atoms with Crippen molar-refractivity contribution in [2.75, 3.05) is 11.9 Å². The van der Waals surface area contributed by atoms with E-state index in [0.717, 1.165) is 12.8 Å². The molecule has 15 heavy (non-hydrogen) atoms. The van der Waals surface area contributed by atoms with E-state index in [0.29, 0.717) is 12.1 Å². The summed E-state index contributed by atoms with van der Waals surface area (Å²) in [6, 6.07) is 6.07. The van der Waals surface area contributed by atoms with Gasteiger partial charge in [-0.2, -0.15) is 0 Å². The minimum absolute atomic E-state index is 0.0300. The number of carbonyl (C=O) groups is 1. The van der Waals surface area contributed by atoms with Crippen molar-refractivity contribution in [3.63, 3.8) is 0 Å². The molecule has 0 aliphatic rings. The number of nitrogens with zero attached hydrogens (tertiary/aromatic N) is 1. The van der Waals surface area contributed by atoms with Gasteiger partial charge in [0.15, 0.2) is 0 Å². The topological polar surface area (TPSA) is 20.3 Å². The zero-order chi connectivity index (χ0) is 11.3. The predicted molar refractivity (Wildman–Crippen MR) is 59.3 cm³/mol. The third kappa shape index (κ3) is 3.35. The first-order valence-electron chi connectivity index (χ1n) is 5.17. The van der Waals surface area contributed by atoms with E-state index in [1.54, 1.807) is 19.2 Å². The summed E-state index contributed by atoms with van der Waals surface area (Å²) in [6.45, 7) is 2.04. The van der Waals surface area contributed by atoms with Gasteiger partial charge < -0.3 is 4.90 Å². The van der Waals surface area contributed by atoms with Crippen LogP contribution in [0, 0.1) is 5.82 Å². The lowest BCUT2D eigenvalue weighted by molar-refractivity contribution is -0.118. The fraction of sp³-hybridized carbons (Fsp3) is 0.417. The van der Waals surface area contributed by atoms with E-state index in [1.807, 2.05) is 6.92 Å². The third-order valence-electron chi connectivity index (χ3n) is 2.31. The van der Waals surface area contributed by atoms with Gasteiger partial charge in [-0.15, -0.1) is 0 Å². The first kappa shape index (κ1) is 11.7. The number of halogens is 1. The molecule has 0 saturated carbocycles. The van der Waals surface area contributed by atoms with Crippen molar-refractivity contribution in [3.05, 3.63) is 30.1 Å². The highest BCUT2D eigenvalue weighted by molar-refractivity contribution is 5.92. The van der Waals surface area contributed by atoms with Crippen LogP contribution in [0.3, 0.4) is 0 Å². The SMILES string of the molecule is CCCCC(=O)N(C)c1cccc(F)c1. The molecule has 0 atom stereocenters. The molecule has 82 valence electrons. The Morgan fingerprint density at radius 3 is 2.80 bits per heavy atom. The van der Waals surface area contributed by atoms with Crippen molar-refractivity contribution in [2.45, 2.75) is 26.2 Å². The standard InChI is InChI=1S/C12H16FNO/c1-3-4-8-12(15)14(2)11-7-5-6-10(13)9-11/h5-7,9H,3-4,8H2,1-2H3. The maximum absolute atomic E-state index is 12.9. The summed E-state index contributed by atoms with van der Waals surface area (Å²) in [7, 11) is 1.67. The lowest BCUT2D eigenvalue weighted by Crippen LogP contribution is -2.25. The summed E-state index contributed by atoms with van der Waals surface area (Å²) in [5, 5.41) is 0. The summed E-state index contributed by atoms with van der Waals surface area (Å²) in [5.41, 5.74) is 0.608. The summed E-state index contributed by atoms with van der Waals surface area (Å²) in [5.74, 6) is -0.287. The smallest absolute Gasteiger partial charge is 0.226 e. The number of hydrogen-bond donors (Lipinski definition) is 0. The van der Waals surface area contributed by atoms with Crippen molar-refractivity contribution in [1.29, 1.82) is 0 Å². The second-order valence-electron chi connectivity index (χ2n) is 3.54. The van der Waals surface area contributed by atoms with Crippen LogP contribution in [0.1, 0.15) is 26.2 Å². The highest BCUT2D eigenvalue weighted by Gasteiger charge is 2.10. The summed E-state index contributed by atoms with van der Waals surface area (Å²) >= 11 is 0. The highest BCUT2D eigenvalue weighted by Crippen LogP contribution is 2.15. The molecule has 1 aromatic carbocycles. The van der Waals surface area contributed by atoms with Crippen LogP contribution in [-0.2, 0) is 4.79 Å². The summed E-state index contributed by atoms with van der Waals surface area (Å²) < 4.78 is 12.9. The molecule has 0 N–H and O–H groups in total. The van der Waals surface area contributed by atoms with Gasteiger partial charge in [0.2, 0.25) is 5.91 Å². The van der Waals surface area contributed by atoms with Crippen LogP contribution < -0.4 is 4.90 Å². The van der Waals surface area contributed by atoms with Crippen LogP contribution in [-0.4, -0.2) is 13.0 Å². The molecular formula is C12H16FNO. The Hall–Kier alpha value is -1.38. The number of carbonyl (C=O) groups excluding carboxylic acids is 1. The van der Waals surface area contributed by atoms with Gasteiger partial charge in [0, 0.05) is 19.2 Å². The quantitative estimate of drug-likeness (QED) is 0.746. The molecule has 0 radical (unpaired) electrons. The van der Waals surface area contributed by atoms with Crippen molar-refractivity contribution in [2.24, 2.45) is 0 Å². The molecule has 0 fully saturated rings. The van der Waals surface area contributed by atoms with Crippen molar-refractivity contribution >= 4 is 11.6 Å². The first-order valence-corrected chi connectivity index (χ1v) is 5.17. The molecule has 0 aromatic heterocycles. The molecule has 0 aliphatic carbocycles. The molecule has 1 rings (SSSR count). The van der Waals surface area contributed by atoms with Gasteiger partial charge in [-0.05, 0) is 24.6 Å². The second-order valence-corrected chi connectivity index (χ2v) is 3.54. The molecule has 0 saturated heterocycles. The van der Waals surface area contributed by atoms with Gasteiger partial charge in [-0.25, -0.2) is 4.39 Å². The number of rotatable bonds is 4. The molecule has 1 aromatic rings. The zero-order valence-corrected chi connectivity index (χ0v) is 9.16. The van der Waals surface area contributed by atoms with Crippen LogP contribution in [0.5, 0.6) is 0 Å². The molecule has 0 bridgehead atoms. The largest absolute Gasteiger partial charge is 0.315 e. The van der Waals surface area contributed by atoms with Crippen LogP contribution in [0.4, 0.5) is 10.1 Å². The summed E-state index contributed by atoms with van der Waals surface area (Å²) in [6.07, 6.45) is 2.38. The van der Waals surface area contributed by atoms with Gasteiger partial charge >= 0.3 is 0 Å². The Kier molecular flexibility index (Phi) is 4.28. The average molecular weight is 209 g/mol. The third-order valence-corrected chi connectivity index (χ3v) is 2.31. The van der Waals surface area contributed by atoms with E-state index in [9.17, 15) is 9.18 Å². The fourth-order valence-electron chi connectivity index (χ4n) is 1.32. The number of anilines is 1. The molecule has 3 heteroatoms. The molecule has 2 nitrogen and oxygen atoms in total. The van der Waals surface area contributed by atoms with E-state index in [2.05, 4.69) is 0 Å². The van der Waals surface area contributed by atoms with E-state index in [1.165, 1.54) is 17.0 Å². The lowest BCUT2D eigenvalue weighted by atomic mass is 10.2.